The monoisotopic (exact) mass is 887 g/mol. The van der Waals surface area contributed by atoms with Crippen molar-refractivity contribution in [2.45, 2.75) is 99.9 Å². The third-order valence-corrected chi connectivity index (χ3v) is 12.3. The number of carbonyl (C=O) groups excluding carboxylic acids is 9. The van der Waals surface area contributed by atoms with Crippen LogP contribution in [0, 0.1) is 11.8 Å². The average Bonchev–Trinajstić information content (AvgIpc) is 3.81. The van der Waals surface area contributed by atoms with Gasteiger partial charge in [0.15, 0.2) is 0 Å². The molecule has 4 heterocycles. The number of carbonyl (C=O) groups is 9. The van der Waals surface area contributed by atoms with E-state index in [1.807, 2.05) is 0 Å². The van der Waals surface area contributed by atoms with Gasteiger partial charge in [-0.2, -0.15) is 0 Å². The molecule has 0 radical (unpaired) electrons. The van der Waals surface area contributed by atoms with E-state index >= 15 is 0 Å². The van der Waals surface area contributed by atoms with Crippen LogP contribution in [0.1, 0.15) is 45.6 Å². The number of rotatable bonds is 7. The van der Waals surface area contributed by atoms with Crippen molar-refractivity contribution in [3.05, 3.63) is 29.8 Å². The van der Waals surface area contributed by atoms with Crippen LogP contribution in [0.5, 0.6) is 0 Å². The van der Waals surface area contributed by atoms with Crippen molar-refractivity contribution >= 4 is 76.0 Å². The quantitative estimate of drug-likeness (QED) is 0.125. The van der Waals surface area contributed by atoms with Gasteiger partial charge in [0.2, 0.25) is 41.4 Å². The number of aliphatic hydroxyl groups is 3. The third kappa shape index (κ3) is 11.3. The maximum Gasteiger partial charge on any atom is 0.334 e. The average molecular weight is 888 g/mol. The second-order valence-corrected chi connectivity index (χ2v) is 16.6. The molecule has 2 aromatic rings. The van der Waals surface area contributed by atoms with Crippen LogP contribution in [-0.4, -0.2) is 152 Å². The number of aromatic amines is 1. The molecule has 0 aliphatic carbocycles. The van der Waals surface area contributed by atoms with Gasteiger partial charge in [-0.05, 0) is 17.5 Å². The van der Waals surface area contributed by atoms with Gasteiger partial charge in [-0.1, -0.05) is 45.4 Å². The van der Waals surface area contributed by atoms with Crippen LogP contribution in [0.2, 0.25) is 0 Å². The highest BCUT2D eigenvalue weighted by Gasteiger charge is 2.45. The molecule has 0 unspecified atom stereocenters. The number of fused-ring (bicyclic) bond motifs is 5. The van der Waals surface area contributed by atoms with Crippen LogP contribution in [-0.2, 0) is 44.8 Å². The lowest BCUT2D eigenvalue weighted by atomic mass is 9.93. The molecular formula is C38H53N11O12S. The number of hydrazine groups is 1. The Morgan fingerprint density at radius 2 is 1.61 bits per heavy atom. The Morgan fingerprint density at radius 1 is 0.887 bits per heavy atom. The van der Waals surface area contributed by atoms with E-state index in [-0.39, 0.29) is 18.6 Å². The molecule has 3 aliphatic heterocycles. The van der Waals surface area contributed by atoms with Crippen LogP contribution in [0.25, 0.3) is 10.9 Å². The van der Waals surface area contributed by atoms with E-state index in [9.17, 15) is 58.5 Å². The smallest absolute Gasteiger partial charge is 0.334 e. The topological polar surface area (TPSA) is 356 Å². The molecule has 14 N–H and O–H groups in total. The highest BCUT2D eigenvalue weighted by atomic mass is 32.2. The minimum absolute atomic E-state index is 0.274. The molecule has 10 atom stereocenters. The van der Waals surface area contributed by atoms with Gasteiger partial charge in [-0.3, -0.25) is 43.8 Å². The zero-order valence-electron chi connectivity index (χ0n) is 34.2. The zero-order chi connectivity index (χ0) is 45.4. The number of primary amides is 1. The summed E-state index contributed by atoms with van der Waals surface area (Å²) in [4.78, 5) is 127. The molecule has 24 heteroatoms. The number of thioether (sulfide) groups is 1. The SMILES string of the molecule is CC[C@H](C)[C@@H]1NC(=O)CNC(=O)[C@H]2Cc3c([nH]c4ccccc34)SC[C@H](NC(=O)NNC1=O)C(=O)N[C@@H](CC(N)=O)C(=O)N1C[C@H](O)C[C@H]1C(=O)N[C@@H]([C@@H](C)[C@@H](O)CO)C(=O)N2. The molecule has 5 rings (SSSR count). The summed E-state index contributed by atoms with van der Waals surface area (Å²) >= 11 is 0.997. The maximum atomic E-state index is 14.4. The number of nitrogens with one attached hydrogen (secondary N) is 9. The number of nitrogens with two attached hydrogens (primary N) is 1. The van der Waals surface area contributed by atoms with Gasteiger partial charge in [-0.15, -0.1) is 11.8 Å². The standard InChI is InChI=1S/C38H53N11O12S/c1-4-16(2)29-35(59)47-48-38(61)44-24-15-62-36-20(19-7-5-6-8-21(19)43-36)10-22(31(55)40-12-28(54)45-29)41-34(58)30(17(3)26(52)14-50)46-33(57)25-9-18(51)13-49(25)37(60)23(11-27(39)53)42-32(24)56/h5-8,16-18,22-26,29-30,43,50-52H,4,9-15H2,1-3H3,(H2,39,53)(H,40,55)(H,41,58)(H,42,56)(H,45,54)(H,46,57)(H,47,59)(H2,44,48,61)/t16-,17-,18+,22+,23-,24-,25-,26-,29-,30-/m0/s1. The largest absolute Gasteiger partial charge is 0.394 e. The summed E-state index contributed by atoms with van der Waals surface area (Å²) in [6.45, 7) is 2.79. The Morgan fingerprint density at radius 3 is 2.31 bits per heavy atom. The van der Waals surface area contributed by atoms with Gasteiger partial charge in [0, 0.05) is 42.0 Å². The summed E-state index contributed by atoms with van der Waals surface area (Å²) < 4.78 is 0. The summed E-state index contributed by atoms with van der Waals surface area (Å²) in [5.41, 5.74) is 10.9. The lowest BCUT2D eigenvalue weighted by Gasteiger charge is -2.32. The van der Waals surface area contributed by atoms with E-state index in [1.165, 1.54) is 6.92 Å². The van der Waals surface area contributed by atoms with E-state index < -0.39 is 140 Å². The molecular weight excluding hydrogens is 835 g/mol. The number of amides is 10. The first-order chi connectivity index (χ1) is 29.4. The molecule has 62 heavy (non-hydrogen) atoms. The van der Waals surface area contributed by atoms with Crippen molar-refractivity contribution in [2.24, 2.45) is 17.6 Å². The Kier molecular flexibility index (Phi) is 15.7. The van der Waals surface area contributed by atoms with Crippen molar-refractivity contribution in [3.63, 3.8) is 0 Å². The molecule has 0 saturated carbocycles. The predicted molar refractivity (Wildman–Crippen MR) is 219 cm³/mol. The second kappa shape index (κ2) is 20.7. The van der Waals surface area contributed by atoms with Crippen molar-refractivity contribution in [1.82, 2.24) is 52.6 Å². The van der Waals surface area contributed by atoms with E-state index in [1.54, 1.807) is 38.1 Å². The van der Waals surface area contributed by atoms with E-state index in [4.69, 9.17) is 5.73 Å². The van der Waals surface area contributed by atoms with Crippen molar-refractivity contribution in [1.29, 1.82) is 0 Å². The molecule has 1 saturated heterocycles. The van der Waals surface area contributed by atoms with Crippen LogP contribution < -0.4 is 48.5 Å². The van der Waals surface area contributed by atoms with Crippen molar-refractivity contribution < 1.29 is 58.5 Å². The molecule has 1 fully saturated rings. The number of hydrogen-bond acceptors (Lipinski definition) is 13. The summed E-state index contributed by atoms with van der Waals surface area (Å²) in [6, 6.07) is -3.39. The number of para-hydroxylation sites is 1. The van der Waals surface area contributed by atoms with Gasteiger partial charge >= 0.3 is 6.03 Å². The van der Waals surface area contributed by atoms with E-state index in [0.29, 0.717) is 27.9 Å². The van der Waals surface area contributed by atoms with Crippen LogP contribution in [0.4, 0.5) is 4.79 Å². The lowest BCUT2D eigenvalue weighted by molar-refractivity contribution is -0.143. The predicted octanol–water partition coefficient (Wildman–Crippen LogP) is -4.54. The summed E-state index contributed by atoms with van der Waals surface area (Å²) in [6.07, 6.45) is -3.91. The molecule has 2 bridgehead atoms. The first-order valence-electron chi connectivity index (χ1n) is 20.0. The van der Waals surface area contributed by atoms with Crippen LogP contribution in [0.3, 0.4) is 0 Å². The number of aromatic nitrogens is 1. The Bertz CT molecular complexity index is 2070. The molecule has 3 aliphatic rings. The first kappa shape index (κ1) is 47.1. The molecule has 10 amide bonds. The molecule has 0 spiro atoms. The summed E-state index contributed by atoms with van der Waals surface area (Å²) in [7, 11) is 0. The van der Waals surface area contributed by atoms with Crippen LogP contribution >= 0.6 is 11.8 Å². The number of benzene rings is 1. The Balaban J connectivity index is 1.69. The third-order valence-electron chi connectivity index (χ3n) is 11.2. The normalized spacial score (nSPS) is 27.7. The molecule has 1 aromatic heterocycles. The Hall–Kier alpha value is -5.98. The number of aliphatic hydroxyl groups excluding tert-OH is 3. The fraction of sp³-hybridized carbons (Fsp3) is 0.553. The van der Waals surface area contributed by atoms with Crippen molar-refractivity contribution in [2.75, 3.05) is 25.4 Å². The van der Waals surface area contributed by atoms with E-state index in [2.05, 4.69) is 47.7 Å². The van der Waals surface area contributed by atoms with Gasteiger partial charge in [0.25, 0.3) is 5.91 Å². The fourth-order valence-electron chi connectivity index (χ4n) is 7.39. The summed E-state index contributed by atoms with van der Waals surface area (Å²) in [5, 5.41) is 47.3. The second-order valence-electron chi connectivity index (χ2n) is 15.6. The van der Waals surface area contributed by atoms with Gasteiger partial charge in [-0.25, -0.2) is 10.2 Å². The molecule has 23 nitrogen and oxygen atoms in total. The van der Waals surface area contributed by atoms with Crippen LogP contribution in [0.15, 0.2) is 29.3 Å². The minimum Gasteiger partial charge on any atom is -0.394 e. The van der Waals surface area contributed by atoms with Crippen molar-refractivity contribution in [3.8, 4) is 0 Å². The van der Waals surface area contributed by atoms with Gasteiger partial charge in [0.05, 0.1) is 36.8 Å². The van der Waals surface area contributed by atoms with E-state index in [0.717, 1.165) is 16.7 Å². The van der Waals surface area contributed by atoms with Gasteiger partial charge in [0.1, 0.15) is 36.3 Å². The Labute approximate surface area is 359 Å². The molecule has 1 aromatic carbocycles. The molecule has 338 valence electrons. The summed E-state index contributed by atoms with van der Waals surface area (Å²) in [5.74, 6) is -9.64. The highest BCUT2D eigenvalue weighted by Crippen LogP contribution is 2.32. The minimum atomic E-state index is -1.74. The number of urea groups is 1. The lowest BCUT2D eigenvalue weighted by Crippen LogP contribution is -2.62. The maximum absolute atomic E-state index is 14.4. The zero-order valence-corrected chi connectivity index (χ0v) is 35.0. The number of hydrogen-bond donors (Lipinski definition) is 13. The number of H-pyrrole nitrogens is 1. The highest BCUT2D eigenvalue weighted by molar-refractivity contribution is 7.99. The van der Waals surface area contributed by atoms with Gasteiger partial charge < -0.3 is 62.8 Å². The fourth-order valence-corrected chi connectivity index (χ4v) is 8.50. The first-order valence-corrected chi connectivity index (χ1v) is 21.0. The number of nitrogens with zero attached hydrogens (tertiary/aromatic N) is 1.